The third-order valence-electron chi connectivity index (χ3n) is 4.45. The topological polar surface area (TPSA) is 82.1 Å². The van der Waals surface area contributed by atoms with Gasteiger partial charge in [0.2, 0.25) is 0 Å². The number of rotatable bonds is 4. The molecule has 0 saturated heterocycles. The van der Waals surface area contributed by atoms with Gasteiger partial charge in [0.15, 0.2) is 17.3 Å². The summed E-state index contributed by atoms with van der Waals surface area (Å²) in [4.78, 5) is 25.2. The molecule has 6 nitrogen and oxygen atoms in total. The zero-order chi connectivity index (χ0) is 20.6. The van der Waals surface area contributed by atoms with Crippen molar-refractivity contribution in [2.24, 2.45) is 5.92 Å². The van der Waals surface area contributed by atoms with Crippen LogP contribution in [-0.2, 0) is 11.3 Å². The monoisotopic (exact) mass is 388 g/mol. The Morgan fingerprint density at radius 3 is 2.71 bits per heavy atom. The fourth-order valence-corrected chi connectivity index (χ4v) is 3.14. The predicted octanol–water partition coefficient (Wildman–Crippen LogP) is 4.54. The molecule has 0 spiro atoms. The molecule has 1 aliphatic heterocycles. The van der Waals surface area contributed by atoms with Gasteiger partial charge in [-0.05, 0) is 36.6 Å². The maximum atomic E-state index is 14.5. The zero-order valence-corrected chi connectivity index (χ0v) is 16.1. The second-order valence-corrected chi connectivity index (χ2v) is 7.05. The van der Waals surface area contributed by atoms with E-state index >= 15 is 0 Å². The van der Waals surface area contributed by atoms with Gasteiger partial charge in [0.25, 0.3) is 0 Å². The van der Waals surface area contributed by atoms with Crippen molar-refractivity contribution >= 4 is 11.8 Å². The maximum Gasteiger partial charge on any atom is 0.346 e. The first-order chi connectivity index (χ1) is 13.2. The highest BCUT2D eigenvalue weighted by atomic mass is 19.1. The van der Waals surface area contributed by atoms with Gasteiger partial charge in [-0.3, -0.25) is 4.79 Å². The molecular weight excluding hydrogens is 367 g/mol. The number of carbonyl (C=O) groups excluding carboxylic acids is 2. The Morgan fingerprint density at radius 2 is 2.07 bits per heavy atom. The molecular formula is C21H21FO6. The van der Waals surface area contributed by atoms with E-state index in [1.165, 1.54) is 32.2 Å². The maximum absolute atomic E-state index is 14.5. The van der Waals surface area contributed by atoms with E-state index in [-0.39, 0.29) is 63.4 Å². The number of halogens is 1. The van der Waals surface area contributed by atoms with Crippen molar-refractivity contribution in [3.63, 3.8) is 0 Å². The second-order valence-electron chi connectivity index (χ2n) is 7.05. The average molecular weight is 388 g/mol. The van der Waals surface area contributed by atoms with Gasteiger partial charge in [-0.15, -0.1) is 0 Å². The van der Waals surface area contributed by atoms with Crippen molar-refractivity contribution in [2.75, 3.05) is 7.11 Å². The summed E-state index contributed by atoms with van der Waals surface area (Å²) in [5.41, 5.74) is 0.290. The lowest BCUT2D eigenvalue weighted by Crippen LogP contribution is -2.16. The summed E-state index contributed by atoms with van der Waals surface area (Å²) in [7, 11) is 1.34. The lowest BCUT2D eigenvalue weighted by atomic mass is 9.97. The van der Waals surface area contributed by atoms with Gasteiger partial charge in [-0.1, -0.05) is 13.8 Å². The van der Waals surface area contributed by atoms with Gasteiger partial charge in [-0.25, -0.2) is 9.18 Å². The van der Waals surface area contributed by atoms with Crippen LogP contribution in [0.4, 0.5) is 4.39 Å². The van der Waals surface area contributed by atoms with Gasteiger partial charge in [0.1, 0.15) is 29.5 Å². The Bertz CT molecular complexity index is 964. The van der Waals surface area contributed by atoms with Crippen LogP contribution in [-0.4, -0.2) is 24.0 Å². The van der Waals surface area contributed by atoms with Gasteiger partial charge < -0.3 is 19.3 Å². The molecule has 2 aromatic carbocycles. The first kappa shape index (κ1) is 19.7. The highest BCUT2D eigenvalue weighted by molar-refractivity contribution is 6.05. The summed E-state index contributed by atoms with van der Waals surface area (Å²) in [5.74, 6) is -1.88. The number of aromatic hydroxyl groups is 1. The van der Waals surface area contributed by atoms with Crippen LogP contribution in [0.15, 0.2) is 18.2 Å². The van der Waals surface area contributed by atoms with Gasteiger partial charge >= 0.3 is 5.97 Å². The highest BCUT2D eigenvalue weighted by Gasteiger charge is 2.31. The van der Waals surface area contributed by atoms with Crippen molar-refractivity contribution in [3.8, 4) is 23.0 Å². The Balaban J connectivity index is 2.18. The van der Waals surface area contributed by atoms with E-state index < -0.39 is 18.4 Å². The van der Waals surface area contributed by atoms with E-state index in [0.717, 1.165) is 0 Å². The largest absolute Gasteiger partial charge is 0.504 e. The number of fused-ring (bicyclic) bond motifs is 2. The van der Waals surface area contributed by atoms with Crippen molar-refractivity contribution in [3.05, 3.63) is 46.3 Å². The van der Waals surface area contributed by atoms with E-state index in [9.17, 15) is 19.1 Å². The molecule has 0 atom stereocenters. The number of ether oxygens (including phenoxy) is 3. The third-order valence-corrected chi connectivity index (χ3v) is 4.45. The number of hydrogen-bond acceptors (Lipinski definition) is 6. The number of cyclic esters (lactones) is 1. The molecule has 0 saturated carbocycles. The molecule has 0 fully saturated rings. The van der Waals surface area contributed by atoms with Crippen LogP contribution in [0.25, 0.3) is 0 Å². The van der Waals surface area contributed by atoms with E-state index in [4.69, 9.17) is 14.2 Å². The SMILES string of the molecule is COc1c(C(=O)CC(C)C)ccc2c1C(=O)OCc1c(F)c(C)cc(O)c1O2. The smallest absolute Gasteiger partial charge is 0.346 e. The highest BCUT2D eigenvalue weighted by Crippen LogP contribution is 2.43. The van der Waals surface area contributed by atoms with Crippen LogP contribution in [0.1, 0.15) is 52.1 Å². The first-order valence-electron chi connectivity index (χ1n) is 8.84. The Morgan fingerprint density at radius 1 is 1.36 bits per heavy atom. The molecule has 3 rings (SSSR count). The lowest BCUT2D eigenvalue weighted by molar-refractivity contribution is 0.0450. The number of Topliss-reactive ketones (excluding diaryl/α,β-unsaturated/α-hetero) is 1. The summed E-state index contributed by atoms with van der Waals surface area (Å²) in [5, 5.41) is 10.2. The Hall–Kier alpha value is -3.09. The quantitative estimate of drug-likeness (QED) is 0.612. The summed E-state index contributed by atoms with van der Waals surface area (Å²) >= 11 is 0. The minimum atomic E-state index is -0.808. The zero-order valence-electron chi connectivity index (χ0n) is 16.1. The molecule has 28 heavy (non-hydrogen) atoms. The van der Waals surface area contributed by atoms with Gasteiger partial charge in [-0.2, -0.15) is 0 Å². The van der Waals surface area contributed by atoms with Gasteiger partial charge in [0, 0.05) is 6.42 Å². The van der Waals surface area contributed by atoms with E-state index in [1.807, 2.05) is 13.8 Å². The number of aryl methyl sites for hydroxylation is 1. The van der Waals surface area contributed by atoms with Crippen LogP contribution in [0.3, 0.4) is 0 Å². The molecule has 1 aliphatic rings. The summed E-state index contributed by atoms with van der Waals surface area (Å²) in [6.45, 7) is 4.87. The van der Waals surface area contributed by atoms with Crippen LogP contribution < -0.4 is 9.47 Å². The lowest BCUT2D eigenvalue weighted by Gasteiger charge is -2.22. The Kier molecular flexibility index (Phi) is 5.27. The van der Waals surface area contributed by atoms with Crippen LogP contribution in [0.5, 0.6) is 23.0 Å². The predicted molar refractivity (Wildman–Crippen MR) is 98.8 cm³/mol. The molecule has 0 bridgehead atoms. The van der Waals surface area contributed by atoms with Crippen molar-refractivity contribution in [1.82, 2.24) is 0 Å². The minimum absolute atomic E-state index is 0.00227. The Labute approximate surface area is 161 Å². The number of phenolic OH excluding ortho intramolecular Hbond substituents is 1. The number of benzene rings is 2. The first-order valence-corrected chi connectivity index (χ1v) is 8.84. The molecule has 2 aromatic rings. The number of phenols is 1. The molecule has 0 aliphatic carbocycles. The van der Waals surface area contributed by atoms with Crippen LogP contribution in [0, 0.1) is 18.7 Å². The van der Waals surface area contributed by atoms with E-state index in [2.05, 4.69) is 0 Å². The average Bonchev–Trinajstić information content (AvgIpc) is 2.62. The van der Waals surface area contributed by atoms with E-state index in [1.54, 1.807) is 0 Å². The van der Waals surface area contributed by atoms with Crippen molar-refractivity contribution in [1.29, 1.82) is 0 Å². The molecule has 0 unspecified atom stereocenters. The number of carbonyl (C=O) groups is 2. The fraction of sp³-hybridized carbons (Fsp3) is 0.333. The number of hydrogen-bond donors (Lipinski definition) is 1. The molecule has 1 N–H and O–H groups in total. The van der Waals surface area contributed by atoms with Crippen LogP contribution in [0.2, 0.25) is 0 Å². The molecule has 0 amide bonds. The molecule has 0 radical (unpaired) electrons. The van der Waals surface area contributed by atoms with E-state index in [0.29, 0.717) is 0 Å². The van der Waals surface area contributed by atoms with Crippen LogP contribution >= 0.6 is 0 Å². The normalized spacial score (nSPS) is 13.0. The molecule has 1 heterocycles. The summed E-state index contributed by atoms with van der Waals surface area (Å²) < 4.78 is 30.7. The molecule has 0 aromatic heterocycles. The third kappa shape index (κ3) is 3.40. The number of ketones is 1. The standard InChI is InChI=1S/C21H21FO6/c1-10(2)7-14(23)12-5-6-16-17(20(12)26-4)21(25)27-9-13-18(22)11(3)8-15(24)19(13)28-16/h5-6,8,10,24H,7,9H2,1-4H3. The van der Waals surface area contributed by atoms with Gasteiger partial charge in [0.05, 0.1) is 18.2 Å². The fourth-order valence-electron chi connectivity index (χ4n) is 3.14. The molecule has 148 valence electrons. The number of methoxy groups -OCH3 is 1. The minimum Gasteiger partial charge on any atom is -0.504 e. The summed E-state index contributed by atoms with van der Waals surface area (Å²) in [6, 6.07) is 4.13. The second kappa shape index (κ2) is 7.50. The molecule has 7 heteroatoms. The van der Waals surface area contributed by atoms with Crippen molar-refractivity contribution in [2.45, 2.75) is 33.8 Å². The van der Waals surface area contributed by atoms with Crippen molar-refractivity contribution < 1.29 is 33.3 Å². The summed E-state index contributed by atoms with van der Waals surface area (Å²) in [6.07, 6.45) is 0.277. The number of esters is 1.